The molecule has 4 heteroatoms. The van der Waals surface area contributed by atoms with Crippen molar-refractivity contribution >= 4 is 76.2 Å². The van der Waals surface area contributed by atoms with Crippen LogP contribution >= 0.6 is 0 Å². The molecule has 9 aromatic carbocycles. The summed E-state index contributed by atoms with van der Waals surface area (Å²) >= 11 is 0. The second-order valence-electron chi connectivity index (χ2n) is 14.5. The van der Waals surface area contributed by atoms with Crippen molar-refractivity contribution < 1.29 is 4.42 Å². The van der Waals surface area contributed by atoms with Crippen LogP contribution in [-0.2, 0) is 0 Å². The van der Waals surface area contributed by atoms with E-state index in [4.69, 9.17) is 14.4 Å². The normalized spacial score (nSPS) is 11.9. The van der Waals surface area contributed by atoms with Crippen LogP contribution in [0.1, 0.15) is 0 Å². The lowest BCUT2D eigenvalue weighted by Gasteiger charge is -2.18. The Morgan fingerprint density at radius 2 is 0.893 bits per heavy atom. The number of aromatic nitrogens is 3. The molecule has 4 nitrogen and oxygen atoms in total. The van der Waals surface area contributed by atoms with Gasteiger partial charge in [-0.3, -0.25) is 0 Å². The molecular weight excluding hydrogens is 683 g/mol. The molecule has 0 fully saturated rings. The van der Waals surface area contributed by atoms with Gasteiger partial charge in [0.1, 0.15) is 5.58 Å². The van der Waals surface area contributed by atoms with Gasteiger partial charge in [0.15, 0.2) is 5.82 Å². The first-order chi connectivity index (χ1) is 27.8. The topological polar surface area (TPSA) is 43.9 Å². The average molecular weight is 714 g/mol. The molecule has 0 amide bonds. The quantitative estimate of drug-likeness (QED) is 0.171. The Morgan fingerprint density at radius 3 is 1.52 bits per heavy atom. The van der Waals surface area contributed by atoms with E-state index >= 15 is 0 Å². The highest BCUT2D eigenvalue weighted by molar-refractivity contribution is 6.26. The molecule has 0 spiro atoms. The van der Waals surface area contributed by atoms with E-state index in [9.17, 15) is 0 Å². The minimum absolute atomic E-state index is 0.561. The first-order valence-corrected chi connectivity index (χ1v) is 19.0. The van der Waals surface area contributed by atoms with Crippen molar-refractivity contribution in [2.45, 2.75) is 0 Å². The van der Waals surface area contributed by atoms with Crippen LogP contribution in [0.2, 0.25) is 0 Å². The van der Waals surface area contributed by atoms with E-state index in [0.717, 1.165) is 66.4 Å². The maximum atomic E-state index is 6.70. The van der Waals surface area contributed by atoms with Crippen LogP contribution in [0.25, 0.3) is 116 Å². The summed E-state index contributed by atoms with van der Waals surface area (Å²) < 4.78 is 9.09. The van der Waals surface area contributed by atoms with Gasteiger partial charge < -0.3 is 8.98 Å². The largest absolute Gasteiger partial charge is 0.438 e. The van der Waals surface area contributed by atoms with Gasteiger partial charge >= 0.3 is 0 Å². The smallest absolute Gasteiger partial charge is 0.231 e. The van der Waals surface area contributed by atoms with Gasteiger partial charge in [0, 0.05) is 27.3 Å². The summed E-state index contributed by atoms with van der Waals surface area (Å²) in [5.41, 5.74) is 9.64. The van der Waals surface area contributed by atoms with Gasteiger partial charge in [-0.25, -0.2) is 4.98 Å². The minimum Gasteiger partial charge on any atom is -0.438 e. The predicted molar refractivity (Wildman–Crippen MR) is 232 cm³/mol. The Hall–Kier alpha value is -7.56. The first kappa shape index (κ1) is 30.9. The SMILES string of the molecule is c1ccc(-c2ccc3oc4nc(-c5cc6c7ccccc7c7ccccc7c6cc5-n5c6ccccc6c6ccccc65)nc(-c5ccccc5)c4c3c2)cc1. The lowest BCUT2D eigenvalue weighted by molar-refractivity contribution is 0.653. The molecule has 56 heavy (non-hydrogen) atoms. The fourth-order valence-corrected chi connectivity index (χ4v) is 8.90. The molecule has 0 N–H and O–H groups in total. The zero-order valence-electron chi connectivity index (χ0n) is 30.1. The number of para-hydroxylation sites is 2. The molecule has 0 aliphatic rings. The van der Waals surface area contributed by atoms with Gasteiger partial charge in [-0.1, -0.05) is 152 Å². The summed E-state index contributed by atoms with van der Waals surface area (Å²) in [6.45, 7) is 0. The van der Waals surface area contributed by atoms with Gasteiger partial charge in [-0.2, -0.15) is 4.98 Å². The Labute approximate surface area is 321 Å². The summed E-state index contributed by atoms with van der Waals surface area (Å²) in [4.78, 5) is 10.9. The van der Waals surface area contributed by atoms with Crippen LogP contribution in [0.15, 0.2) is 192 Å². The fraction of sp³-hybridized carbons (Fsp3) is 0. The number of hydrogen-bond donors (Lipinski definition) is 0. The molecule has 12 aromatic rings. The molecule has 0 saturated heterocycles. The number of benzene rings is 9. The molecule has 0 bridgehead atoms. The molecule has 0 saturated carbocycles. The molecule has 260 valence electrons. The summed E-state index contributed by atoms with van der Waals surface area (Å²) in [7, 11) is 0. The van der Waals surface area contributed by atoms with Crippen molar-refractivity contribution in [1.29, 1.82) is 0 Å². The highest BCUT2D eigenvalue weighted by atomic mass is 16.3. The second kappa shape index (κ2) is 12.0. The van der Waals surface area contributed by atoms with Crippen molar-refractivity contribution in [2.24, 2.45) is 0 Å². The monoisotopic (exact) mass is 713 g/mol. The van der Waals surface area contributed by atoms with Gasteiger partial charge in [0.25, 0.3) is 0 Å². The molecule has 0 aliphatic heterocycles. The van der Waals surface area contributed by atoms with Gasteiger partial charge in [-0.05, 0) is 79.8 Å². The Morgan fingerprint density at radius 1 is 0.375 bits per heavy atom. The highest BCUT2D eigenvalue weighted by Gasteiger charge is 2.24. The maximum absolute atomic E-state index is 6.70. The molecule has 12 rings (SSSR count). The molecule has 0 radical (unpaired) electrons. The van der Waals surface area contributed by atoms with Crippen molar-refractivity contribution in [3.8, 4) is 39.5 Å². The van der Waals surface area contributed by atoms with Crippen LogP contribution in [0.5, 0.6) is 0 Å². The molecule has 0 unspecified atom stereocenters. The van der Waals surface area contributed by atoms with Crippen molar-refractivity contribution in [3.05, 3.63) is 188 Å². The van der Waals surface area contributed by atoms with Crippen LogP contribution in [0, 0.1) is 0 Å². The highest BCUT2D eigenvalue weighted by Crippen LogP contribution is 2.44. The third kappa shape index (κ3) is 4.53. The van der Waals surface area contributed by atoms with E-state index in [0.29, 0.717) is 11.5 Å². The zero-order valence-corrected chi connectivity index (χ0v) is 30.1. The zero-order chi connectivity index (χ0) is 36.7. The number of hydrogen-bond acceptors (Lipinski definition) is 3. The molecular formula is C52H31N3O. The summed E-state index contributed by atoms with van der Waals surface area (Å²) in [5.74, 6) is 0.606. The van der Waals surface area contributed by atoms with Crippen LogP contribution in [0.3, 0.4) is 0 Å². The average Bonchev–Trinajstić information content (AvgIpc) is 3.82. The number of fused-ring (bicyclic) bond motifs is 12. The maximum Gasteiger partial charge on any atom is 0.231 e. The van der Waals surface area contributed by atoms with Gasteiger partial charge in [0.2, 0.25) is 5.71 Å². The lowest BCUT2D eigenvalue weighted by Crippen LogP contribution is -2.01. The van der Waals surface area contributed by atoms with Gasteiger partial charge in [0.05, 0.1) is 27.8 Å². The van der Waals surface area contributed by atoms with E-state index < -0.39 is 0 Å². The minimum atomic E-state index is 0.561. The van der Waals surface area contributed by atoms with Crippen LogP contribution < -0.4 is 0 Å². The number of rotatable bonds is 4. The van der Waals surface area contributed by atoms with E-state index in [-0.39, 0.29) is 0 Å². The van der Waals surface area contributed by atoms with E-state index in [1.54, 1.807) is 0 Å². The van der Waals surface area contributed by atoms with E-state index in [2.05, 4.69) is 180 Å². The van der Waals surface area contributed by atoms with E-state index in [1.165, 1.54) is 37.7 Å². The first-order valence-electron chi connectivity index (χ1n) is 19.0. The fourth-order valence-electron chi connectivity index (χ4n) is 8.90. The summed E-state index contributed by atoms with van der Waals surface area (Å²) in [6.07, 6.45) is 0. The predicted octanol–water partition coefficient (Wildman–Crippen LogP) is 13.9. The second-order valence-corrected chi connectivity index (χ2v) is 14.5. The third-order valence-corrected chi connectivity index (χ3v) is 11.4. The van der Waals surface area contributed by atoms with E-state index in [1.807, 2.05) is 12.1 Å². The van der Waals surface area contributed by atoms with Crippen molar-refractivity contribution in [3.63, 3.8) is 0 Å². The van der Waals surface area contributed by atoms with Crippen molar-refractivity contribution in [2.75, 3.05) is 0 Å². The lowest BCUT2D eigenvalue weighted by atomic mass is 9.92. The standard InChI is InChI=1S/C52H31N3O/c1-3-15-32(16-4-1)34-27-28-48-44(29-34)49-50(33-17-5-2-6-18-33)53-51(54-52(49)56-48)43-30-41-37-21-9-7-19-35(37)36-20-8-10-22-38(36)42(41)31-47(43)55-45-25-13-11-23-39(45)40-24-12-14-26-46(40)55/h1-31H. The van der Waals surface area contributed by atoms with Crippen LogP contribution in [-0.4, -0.2) is 14.5 Å². The molecule has 0 atom stereocenters. The Bertz CT molecular complexity index is 3470. The number of furan rings is 1. The summed E-state index contributed by atoms with van der Waals surface area (Å²) in [5, 5.41) is 11.5. The number of nitrogens with zero attached hydrogens (tertiary/aromatic N) is 3. The Balaban J connectivity index is 1.24. The molecule has 3 aromatic heterocycles. The third-order valence-electron chi connectivity index (χ3n) is 11.4. The molecule has 3 heterocycles. The molecule has 0 aliphatic carbocycles. The Kier molecular flexibility index (Phi) is 6.60. The van der Waals surface area contributed by atoms with Crippen LogP contribution in [0.4, 0.5) is 0 Å². The van der Waals surface area contributed by atoms with Crippen molar-refractivity contribution in [1.82, 2.24) is 14.5 Å². The van der Waals surface area contributed by atoms with Gasteiger partial charge in [-0.15, -0.1) is 0 Å². The summed E-state index contributed by atoms with van der Waals surface area (Å²) in [6, 6.07) is 66.8.